The van der Waals surface area contributed by atoms with Gasteiger partial charge in [-0.1, -0.05) is 88.4 Å². The van der Waals surface area contributed by atoms with Crippen LogP contribution in [-0.2, 0) is 32.0 Å². The van der Waals surface area contributed by atoms with Crippen LogP contribution in [0.5, 0.6) is 0 Å². The van der Waals surface area contributed by atoms with Crippen molar-refractivity contribution in [2.24, 2.45) is 23.3 Å². The highest BCUT2D eigenvalue weighted by Gasteiger charge is 2.32. The fraction of sp³-hybridized carbons (Fsp3) is 0.429. The first-order valence-corrected chi connectivity index (χ1v) is 12.5. The molecule has 0 saturated heterocycles. The minimum Gasteiger partial charge on any atom is -0.368 e. The van der Waals surface area contributed by atoms with Gasteiger partial charge in [-0.05, 0) is 29.4 Å². The molecule has 0 aliphatic carbocycles. The highest BCUT2D eigenvalue weighted by molar-refractivity contribution is 5.94. The molecule has 0 aliphatic rings. The second kappa shape index (κ2) is 14.1. The number of rotatable bonds is 13. The molecule has 0 saturated carbocycles. The molecule has 7 N–H and O–H groups in total. The lowest BCUT2D eigenvalue weighted by Gasteiger charge is -2.28. The van der Waals surface area contributed by atoms with E-state index < -0.39 is 47.8 Å². The van der Waals surface area contributed by atoms with Crippen molar-refractivity contribution in [2.75, 3.05) is 0 Å². The number of hydrogen-bond acceptors (Lipinski definition) is 5. The monoisotopic (exact) mass is 509 g/mol. The lowest BCUT2D eigenvalue weighted by Crippen LogP contribution is -2.60. The van der Waals surface area contributed by atoms with E-state index in [4.69, 9.17) is 11.5 Å². The van der Waals surface area contributed by atoms with Gasteiger partial charge in [0, 0.05) is 6.42 Å². The molecule has 2 aromatic rings. The van der Waals surface area contributed by atoms with Crippen molar-refractivity contribution < 1.29 is 19.2 Å². The van der Waals surface area contributed by atoms with Crippen molar-refractivity contribution in [2.45, 2.75) is 64.7 Å². The summed E-state index contributed by atoms with van der Waals surface area (Å²) in [5.74, 6) is -2.73. The molecule has 2 rings (SSSR count). The Morgan fingerprint density at radius 2 is 1.05 bits per heavy atom. The zero-order valence-corrected chi connectivity index (χ0v) is 21.9. The maximum atomic E-state index is 13.2. The third-order valence-corrected chi connectivity index (χ3v) is 6.07. The number of amides is 4. The number of carbonyl (C=O) groups is 4. The van der Waals surface area contributed by atoms with Crippen molar-refractivity contribution in [3.63, 3.8) is 0 Å². The van der Waals surface area contributed by atoms with E-state index in [0.29, 0.717) is 6.42 Å². The quantitative estimate of drug-likeness (QED) is 0.273. The second-order valence-electron chi connectivity index (χ2n) is 9.91. The SMILES string of the molecule is CC(C)C(NC(=O)C(N)Cc1ccccc1)C(=O)NC(C(=O)NC(Cc1ccccc1)C(N)=O)C(C)C. The first-order chi connectivity index (χ1) is 17.5. The molecular formula is C28H39N5O4. The van der Waals surface area contributed by atoms with E-state index >= 15 is 0 Å². The van der Waals surface area contributed by atoms with Crippen molar-refractivity contribution in [1.29, 1.82) is 0 Å². The van der Waals surface area contributed by atoms with Gasteiger partial charge in [-0.15, -0.1) is 0 Å². The van der Waals surface area contributed by atoms with Crippen LogP contribution >= 0.6 is 0 Å². The molecule has 0 spiro atoms. The summed E-state index contributed by atoms with van der Waals surface area (Å²) in [5.41, 5.74) is 13.4. The second-order valence-corrected chi connectivity index (χ2v) is 9.91. The van der Waals surface area contributed by atoms with Crippen LogP contribution in [0.3, 0.4) is 0 Å². The van der Waals surface area contributed by atoms with Gasteiger partial charge < -0.3 is 27.4 Å². The topological polar surface area (TPSA) is 156 Å². The minimum absolute atomic E-state index is 0.227. The number of hydrogen-bond donors (Lipinski definition) is 5. The normalized spacial score (nSPS) is 14.4. The van der Waals surface area contributed by atoms with Crippen LogP contribution in [-0.4, -0.2) is 47.8 Å². The van der Waals surface area contributed by atoms with Crippen LogP contribution in [0.25, 0.3) is 0 Å². The molecule has 0 radical (unpaired) electrons. The first kappa shape index (κ1) is 29.5. The third-order valence-electron chi connectivity index (χ3n) is 6.07. The minimum atomic E-state index is -0.943. The number of benzene rings is 2. The average Bonchev–Trinajstić information content (AvgIpc) is 2.85. The maximum absolute atomic E-state index is 13.2. The lowest BCUT2D eigenvalue weighted by molar-refractivity contribution is -0.135. The Morgan fingerprint density at radius 1 is 0.649 bits per heavy atom. The first-order valence-electron chi connectivity index (χ1n) is 12.5. The van der Waals surface area contributed by atoms with E-state index in [2.05, 4.69) is 16.0 Å². The summed E-state index contributed by atoms with van der Waals surface area (Å²) in [6, 6.07) is 14.9. The highest BCUT2D eigenvalue weighted by Crippen LogP contribution is 2.10. The molecule has 200 valence electrons. The third kappa shape index (κ3) is 9.34. The fourth-order valence-electron chi connectivity index (χ4n) is 3.87. The van der Waals surface area contributed by atoms with Gasteiger partial charge in [0.2, 0.25) is 23.6 Å². The Morgan fingerprint density at radius 3 is 1.49 bits per heavy atom. The molecule has 0 aliphatic heterocycles. The predicted molar refractivity (Wildman–Crippen MR) is 143 cm³/mol. The molecule has 4 atom stereocenters. The molecule has 0 aromatic heterocycles. The van der Waals surface area contributed by atoms with E-state index in [9.17, 15) is 19.2 Å². The summed E-state index contributed by atoms with van der Waals surface area (Å²) < 4.78 is 0. The van der Waals surface area contributed by atoms with E-state index in [1.165, 1.54) is 0 Å². The molecule has 9 heteroatoms. The number of carbonyl (C=O) groups excluding carboxylic acids is 4. The largest absolute Gasteiger partial charge is 0.368 e. The van der Waals surface area contributed by atoms with Gasteiger partial charge in [0.1, 0.15) is 18.1 Å². The van der Waals surface area contributed by atoms with Crippen LogP contribution in [0, 0.1) is 11.8 Å². The summed E-state index contributed by atoms with van der Waals surface area (Å²) in [7, 11) is 0. The summed E-state index contributed by atoms with van der Waals surface area (Å²) in [6.45, 7) is 7.14. The molecule has 0 fully saturated rings. The number of primary amides is 1. The van der Waals surface area contributed by atoms with Gasteiger partial charge >= 0.3 is 0 Å². The fourth-order valence-corrected chi connectivity index (χ4v) is 3.87. The average molecular weight is 510 g/mol. The Bertz CT molecular complexity index is 1040. The molecule has 4 unspecified atom stereocenters. The van der Waals surface area contributed by atoms with Gasteiger partial charge in [-0.3, -0.25) is 19.2 Å². The summed E-state index contributed by atoms with van der Waals surface area (Å²) in [5, 5.41) is 8.14. The number of nitrogens with two attached hydrogens (primary N) is 2. The molecule has 2 aromatic carbocycles. The maximum Gasteiger partial charge on any atom is 0.243 e. The zero-order chi connectivity index (χ0) is 27.5. The summed E-state index contributed by atoms with van der Waals surface area (Å²) in [4.78, 5) is 51.1. The Kier molecular flexibility index (Phi) is 11.3. The zero-order valence-electron chi connectivity index (χ0n) is 21.9. The van der Waals surface area contributed by atoms with Crippen molar-refractivity contribution in [3.8, 4) is 0 Å². The number of nitrogens with one attached hydrogen (secondary N) is 3. The predicted octanol–water partition coefficient (Wildman–Crippen LogP) is 1.05. The molecule has 37 heavy (non-hydrogen) atoms. The summed E-state index contributed by atoms with van der Waals surface area (Å²) >= 11 is 0. The van der Waals surface area contributed by atoms with Crippen LogP contribution in [0.2, 0.25) is 0 Å². The molecule has 4 amide bonds. The van der Waals surface area contributed by atoms with E-state index in [1.807, 2.05) is 60.7 Å². The van der Waals surface area contributed by atoms with Gasteiger partial charge in [0.05, 0.1) is 6.04 Å². The van der Waals surface area contributed by atoms with Crippen LogP contribution in [0.1, 0.15) is 38.8 Å². The lowest BCUT2D eigenvalue weighted by atomic mass is 9.98. The highest BCUT2D eigenvalue weighted by atomic mass is 16.2. The molecule has 0 bridgehead atoms. The van der Waals surface area contributed by atoms with Gasteiger partial charge in [0.15, 0.2) is 0 Å². The Balaban J connectivity index is 2.06. The van der Waals surface area contributed by atoms with Crippen LogP contribution in [0.15, 0.2) is 60.7 Å². The van der Waals surface area contributed by atoms with Crippen molar-refractivity contribution in [3.05, 3.63) is 71.8 Å². The van der Waals surface area contributed by atoms with Gasteiger partial charge in [0.25, 0.3) is 0 Å². The van der Waals surface area contributed by atoms with Crippen molar-refractivity contribution >= 4 is 23.6 Å². The Labute approximate surface area is 218 Å². The smallest absolute Gasteiger partial charge is 0.243 e. The van der Waals surface area contributed by atoms with Crippen molar-refractivity contribution in [1.82, 2.24) is 16.0 Å². The van der Waals surface area contributed by atoms with Crippen LogP contribution < -0.4 is 27.4 Å². The van der Waals surface area contributed by atoms with E-state index in [1.54, 1.807) is 27.7 Å². The Hall–Kier alpha value is -3.72. The molecule has 0 heterocycles. The standard InChI is InChI=1S/C28H39N5O4/c1-17(2)23(27(36)31-22(25(30)34)16-20-13-9-6-10-14-20)33-28(37)24(18(3)4)32-26(35)21(29)15-19-11-7-5-8-12-19/h5-14,17-18,21-24H,15-16,29H2,1-4H3,(H2,30,34)(H,31,36)(H,32,35)(H,33,37). The summed E-state index contributed by atoms with van der Waals surface area (Å²) in [6.07, 6.45) is 0.552. The van der Waals surface area contributed by atoms with E-state index in [0.717, 1.165) is 11.1 Å². The molecule has 9 nitrogen and oxygen atoms in total. The van der Waals surface area contributed by atoms with Gasteiger partial charge in [-0.2, -0.15) is 0 Å². The van der Waals surface area contributed by atoms with Crippen LogP contribution in [0.4, 0.5) is 0 Å². The van der Waals surface area contributed by atoms with Gasteiger partial charge in [-0.25, -0.2) is 0 Å². The van der Waals surface area contributed by atoms with E-state index in [-0.39, 0.29) is 18.3 Å². The molecular weight excluding hydrogens is 470 g/mol.